The van der Waals surface area contributed by atoms with Crippen LogP contribution in [0.4, 0.5) is 5.69 Å². The van der Waals surface area contributed by atoms with Gasteiger partial charge in [-0.15, -0.1) is 0 Å². The van der Waals surface area contributed by atoms with Crippen LogP contribution in [0.1, 0.15) is 19.4 Å². The van der Waals surface area contributed by atoms with Crippen molar-refractivity contribution in [2.75, 3.05) is 5.73 Å². The van der Waals surface area contributed by atoms with Gasteiger partial charge < -0.3 is 10.2 Å². The fourth-order valence-electron chi connectivity index (χ4n) is 1.25. The van der Waals surface area contributed by atoms with Crippen molar-refractivity contribution in [3.05, 3.63) is 40.2 Å². The van der Waals surface area contributed by atoms with E-state index < -0.39 is 0 Å². The van der Waals surface area contributed by atoms with E-state index in [1.54, 1.807) is 31.2 Å². The molecule has 2 rings (SSSR count). The molecule has 3 nitrogen and oxygen atoms in total. The van der Waals surface area contributed by atoms with E-state index >= 15 is 0 Å². The van der Waals surface area contributed by atoms with E-state index in [0.717, 1.165) is 5.39 Å². The molecule has 0 saturated heterocycles. The lowest BCUT2D eigenvalue weighted by Gasteiger charge is -1.98. The van der Waals surface area contributed by atoms with Gasteiger partial charge in [0.1, 0.15) is 5.58 Å². The van der Waals surface area contributed by atoms with Gasteiger partial charge in [0.25, 0.3) is 0 Å². The number of nitrogen functional groups attached to an aromatic ring is 1. The van der Waals surface area contributed by atoms with Crippen molar-refractivity contribution in [3.63, 3.8) is 0 Å². The van der Waals surface area contributed by atoms with E-state index in [4.69, 9.17) is 10.2 Å². The Morgan fingerprint density at radius 1 is 1.20 bits per heavy atom. The van der Waals surface area contributed by atoms with Crippen molar-refractivity contribution in [3.8, 4) is 0 Å². The topological polar surface area (TPSA) is 56.2 Å². The molecule has 0 aliphatic heterocycles. The molecule has 15 heavy (non-hydrogen) atoms. The quantitative estimate of drug-likeness (QED) is 0.531. The van der Waals surface area contributed by atoms with Crippen LogP contribution >= 0.6 is 0 Å². The number of hydrogen-bond donors (Lipinski definition) is 1. The Labute approximate surface area is 88.5 Å². The smallest absolute Gasteiger partial charge is 0.339 e. The van der Waals surface area contributed by atoms with E-state index in [1.807, 2.05) is 13.8 Å². The first-order valence-electron chi connectivity index (χ1n) is 4.97. The molecule has 0 unspecified atom stereocenters. The minimum absolute atomic E-state index is 0.294. The lowest BCUT2D eigenvalue weighted by molar-refractivity contribution is 0.555. The molecule has 0 spiro atoms. The van der Waals surface area contributed by atoms with Crippen LogP contribution in [-0.2, 0) is 0 Å². The van der Waals surface area contributed by atoms with Gasteiger partial charge in [0.05, 0.1) is 0 Å². The molecule has 0 radical (unpaired) electrons. The summed E-state index contributed by atoms with van der Waals surface area (Å²) >= 11 is 0. The molecule has 0 bridgehead atoms. The zero-order chi connectivity index (χ0) is 11.4. The predicted octanol–water partition coefficient (Wildman–Crippen LogP) is 2.71. The molecule has 1 aromatic heterocycles. The summed E-state index contributed by atoms with van der Waals surface area (Å²) in [4.78, 5) is 11.1. The Bertz CT molecular complexity index is 515. The van der Waals surface area contributed by atoms with Gasteiger partial charge in [0.2, 0.25) is 0 Å². The van der Waals surface area contributed by atoms with Gasteiger partial charge in [-0.25, -0.2) is 4.79 Å². The molecular weight excluding hydrogens is 190 g/mol. The number of benzene rings is 1. The van der Waals surface area contributed by atoms with Crippen LogP contribution in [-0.4, -0.2) is 0 Å². The van der Waals surface area contributed by atoms with Crippen molar-refractivity contribution in [1.29, 1.82) is 0 Å². The second-order valence-electron chi connectivity index (χ2n) is 3.01. The van der Waals surface area contributed by atoms with E-state index in [9.17, 15) is 4.79 Å². The van der Waals surface area contributed by atoms with Crippen molar-refractivity contribution >= 4 is 16.7 Å². The van der Waals surface area contributed by atoms with Crippen molar-refractivity contribution in [2.45, 2.75) is 20.8 Å². The molecule has 2 N–H and O–H groups in total. The highest BCUT2D eigenvalue weighted by molar-refractivity contribution is 5.80. The van der Waals surface area contributed by atoms with E-state index in [1.165, 1.54) is 0 Å². The third kappa shape index (κ3) is 2.37. The van der Waals surface area contributed by atoms with Gasteiger partial charge in [0, 0.05) is 16.6 Å². The largest absolute Gasteiger partial charge is 0.423 e. The second kappa shape index (κ2) is 4.64. The van der Waals surface area contributed by atoms with Gasteiger partial charge in [-0.05, 0) is 31.2 Å². The minimum atomic E-state index is -0.294. The summed E-state index contributed by atoms with van der Waals surface area (Å²) in [5.74, 6) is 0. The van der Waals surface area contributed by atoms with Crippen LogP contribution < -0.4 is 11.4 Å². The lowest BCUT2D eigenvalue weighted by Crippen LogP contribution is -2.01. The molecule has 2 aromatic rings. The SMILES string of the molecule is CC.Cc1cc2cc(N)ccc2oc1=O. The number of hydrogen-bond acceptors (Lipinski definition) is 3. The summed E-state index contributed by atoms with van der Waals surface area (Å²) in [6, 6.07) is 6.97. The minimum Gasteiger partial charge on any atom is -0.423 e. The summed E-state index contributed by atoms with van der Waals surface area (Å²) in [5, 5.41) is 0.858. The molecule has 0 atom stereocenters. The molecule has 1 aromatic carbocycles. The fourth-order valence-corrected chi connectivity index (χ4v) is 1.25. The Kier molecular flexibility index (Phi) is 3.50. The van der Waals surface area contributed by atoms with Crippen molar-refractivity contribution < 1.29 is 4.42 Å². The summed E-state index contributed by atoms with van der Waals surface area (Å²) in [5.41, 5.74) is 7.13. The number of nitrogens with two attached hydrogens (primary N) is 1. The predicted molar refractivity (Wildman–Crippen MR) is 63.0 cm³/mol. The molecular formula is C12H15NO2. The van der Waals surface area contributed by atoms with Gasteiger partial charge >= 0.3 is 5.63 Å². The van der Waals surface area contributed by atoms with Crippen LogP contribution in [0.25, 0.3) is 11.0 Å². The van der Waals surface area contributed by atoms with Crippen LogP contribution in [0.2, 0.25) is 0 Å². The van der Waals surface area contributed by atoms with E-state index in [-0.39, 0.29) is 5.63 Å². The van der Waals surface area contributed by atoms with E-state index in [0.29, 0.717) is 16.8 Å². The maximum Gasteiger partial charge on any atom is 0.339 e. The average molecular weight is 205 g/mol. The number of aryl methyl sites for hydroxylation is 1. The van der Waals surface area contributed by atoms with Gasteiger partial charge in [0.15, 0.2) is 0 Å². The Morgan fingerprint density at radius 3 is 2.53 bits per heavy atom. The summed E-state index contributed by atoms with van der Waals surface area (Å²) in [6.07, 6.45) is 0. The Balaban J connectivity index is 0.000000531. The number of anilines is 1. The van der Waals surface area contributed by atoms with Crippen molar-refractivity contribution in [1.82, 2.24) is 0 Å². The molecule has 0 saturated carbocycles. The molecule has 80 valence electrons. The van der Waals surface area contributed by atoms with Crippen LogP contribution in [0.15, 0.2) is 33.5 Å². The fraction of sp³-hybridized carbons (Fsp3) is 0.250. The molecule has 0 fully saturated rings. The van der Waals surface area contributed by atoms with Gasteiger partial charge in [-0.3, -0.25) is 0 Å². The number of fused-ring (bicyclic) bond motifs is 1. The van der Waals surface area contributed by atoms with Gasteiger partial charge in [-0.1, -0.05) is 13.8 Å². The molecule has 1 heterocycles. The lowest BCUT2D eigenvalue weighted by atomic mass is 10.2. The zero-order valence-corrected chi connectivity index (χ0v) is 9.20. The summed E-state index contributed by atoms with van der Waals surface area (Å²) < 4.78 is 5.04. The molecule has 0 aliphatic carbocycles. The monoisotopic (exact) mass is 205 g/mol. The van der Waals surface area contributed by atoms with Crippen LogP contribution in [0.3, 0.4) is 0 Å². The highest BCUT2D eigenvalue weighted by Crippen LogP contribution is 2.16. The van der Waals surface area contributed by atoms with Crippen LogP contribution in [0.5, 0.6) is 0 Å². The highest BCUT2D eigenvalue weighted by atomic mass is 16.4. The number of rotatable bonds is 0. The first kappa shape index (κ1) is 11.3. The maximum absolute atomic E-state index is 11.1. The Hall–Kier alpha value is -1.77. The van der Waals surface area contributed by atoms with E-state index in [2.05, 4.69) is 0 Å². The summed E-state index contributed by atoms with van der Waals surface area (Å²) in [7, 11) is 0. The zero-order valence-electron chi connectivity index (χ0n) is 9.20. The first-order chi connectivity index (χ1) is 7.16. The second-order valence-corrected chi connectivity index (χ2v) is 3.01. The third-order valence-corrected chi connectivity index (χ3v) is 1.93. The molecule has 0 aliphatic rings. The average Bonchev–Trinajstić information content (AvgIpc) is 2.23. The standard InChI is InChI=1S/C10H9NO2.C2H6/c1-6-4-7-5-8(11)2-3-9(7)13-10(6)12;1-2/h2-5H,11H2,1H3;1-2H3. The molecule has 3 heteroatoms. The molecule has 0 amide bonds. The third-order valence-electron chi connectivity index (χ3n) is 1.93. The normalized spacial score (nSPS) is 9.53. The first-order valence-corrected chi connectivity index (χ1v) is 4.97. The van der Waals surface area contributed by atoms with Crippen LogP contribution in [0, 0.1) is 6.92 Å². The highest BCUT2D eigenvalue weighted by Gasteiger charge is 2.00. The van der Waals surface area contributed by atoms with Gasteiger partial charge in [-0.2, -0.15) is 0 Å². The summed E-state index contributed by atoms with van der Waals surface area (Å²) in [6.45, 7) is 5.72. The Morgan fingerprint density at radius 2 is 1.87 bits per heavy atom. The maximum atomic E-state index is 11.1. The van der Waals surface area contributed by atoms with Crippen molar-refractivity contribution in [2.24, 2.45) is 0 Å².